The fourth-order valence-corrected chi connectivity index (χ4v) is 1.93. The Morgan fingerprint density at radius 3 is 3.07 bits per heavy atom. The maximum absolute atomic E-state index is 8.85. The van der Waals surface area contributed by atoms with Crippen molar-refractivity contribution < 1.29 is 9.84 Å². The molecule has 0 saturated carbocycles. The summed E-state index contributed by atoms with van der Waals surface area (Å²) in [5, 5.41) is 8.85. The van der Waals surface area contributed by atoms with Crippen molar-refractivity contribution in [1.82, 2.24) is 0 Å². The molecule has 2 rings (SSSR count). The normalized spacial score (nSPS) is 21.4. The van der Waals surface area contributed by atoms with E-state index in [2.05, 4.69) is 24.3 Å². The zero-order valence-electron chi connectivity index (χ0n) is 8.28. The van der Waals surface area contributed by atoms with Crippen LogP contribution in [0.5, 0.6) is 0 Å². The molecule has 1 unspecified atom stereocenters. The third kappa shape index (κ3) is 2.14. The highest BCUT2D eigenvalue weighted by molar-refractivity contribution is 5.27. The maximum atomic E-state index is 8.85. The van der Waals surface area contributed by atoms with Gasteiger partial charge in [-0.25, -0.2) is 0 Å². The van der Waals surface area contributed by atoms with Gasteiger partial charge < -0.3 is 9.84 Å². The van der Waals surface area contributed by atoms with Crippen LogP contribution in [-0.4, -0.2) is 24.9 Å². The number of hydrogen-bond acceptors (Lipinski definition) is 2. The lowest BCUT2D eigenvalue weighted by Gasteiger charge is -2.09. The number of benzene rings is 1. The molecule has 1 aromatic rings. The van der Waals surface area contributed by atoms with Gasteiger partial charge in [-0.3, -0.25) is 0 Å². The Hall–Kier alpha value is -0.860. The summed E-state index contributed by atoms with van der Waals surface area (Å²) < 4.78 is 5.36. The molecule has 0 radical (unpaired) electrons. The number of aliphatic hydroxyl groups excluding tert-OH is 1. The van der Waals surface area contributed by atoms with E-state index in [1.165, 1.54) is 11.1 Å². The fourth-order valence-electron chi connectivity index (χ4n) is 1.93. The minimum absolute atomic E-state index is 0.227. The van der Waals surface area contributed by atoms with Crippen LogP contribution in [0.4, 0.5) is 0 Å². The molecule has 1 saturated heterocycles. The largest absolute Gasteiger partial charge is 0.396 e. The second-order valence-electron chi connectivity index (χ2n) is 3.78. The molecule has 1 aliphatic rings. The summed E-state index contributed by atoms with van der Waals surface area (Å²) in [5.41, 5.74) is 2.57. The van der Waals surface area contributed by atoms with E-state index in [-0.39, 0.29) is 6.61 Å². The van der Waals surface area contributed by atoms with Crippen molar-refractivity contribution in [2.75, 3.05) is 19.8 Å². The van der Waals surface area contributed by atoms with Crippen LogP contribution in [0.3, 0.4) is 0 Å². The van der Waals surface area contributed by atoms with Gasteiger partial charge in [0.1, 0.15) is 0 Å². The Morgan fingerprint density at radius 2 is 2.36 bits per heavy atom. The summed E-state index contributed by atoms with van der Waals surface area (Å²) in [7, 11) is 0. The van der Waals surface area contributed by atoms with E-state index in [0.717, 1.165) is 26.1 Å². The van der Waals surface area contributed by atoms with Crippen LogP contribution in [0, 0.1) is 0 Å². The van der Waals surface area contributed by atoms with Crippen molar-refractivity contribution in [3.8, 4) is 0 Å². The van der Waals surface area contributed by atoms with E-state index in [9.17, 15) is 0 Å². The number of rotatable bonds is 3. The molecule has 1 fully saturated rings. The Kier molecular flexibility index (Phi) is 3.17. The average molecular weight is 192 g/mol. The zero-order chi connectivity index (χ0) is 9.80. The monoisotopic (exact) mass is 192 g/mol. The summed E-state index contributed by atoms with van der Waals surface area (Å²) in [5.74, 6) is 0.564. The first kappa shape index (κ1) is 9.69. The van der Waals surface area contributed by atoms with Gasteiger partial charge in [-0.05, 0) is 24.0 Å². The van der Waals surface area contributed by atoms with Gasteiger partial charge in [-0.15, -0.1) is 0 Å². The predicted octanol–water partition coefficient (Wildman–Crippen LogP) is 1.73. The predicted molar refractivity (Wildman–Crippen MR) is 55.4 cm³/mol. The van der Waals surface area contributed by atoms with Crippen LogP contribution in [0.25, 0.3) is 0 Å². The van der Waals surface area contributed by atoms with Crippen molar-refractivity contribution in [2.24, 2.45) is 0 Å². The first-order valence-corrected chi connectivity index (χ1v) is 5.17. The van der Waals surface area contributed by atoms with Crippen molar-refractivity contribution in [3.63, 3.8) is 0 Å². The van der Waals surface area contributed by atoms with Crippen LogP contribution in [0.2, 0.25) is 0 Å². The topological polar surface area (TPSA) is 29.5 Å². The van der Waals surface area contributed by atoms with Crippen molar-refractivity contribution in [3.05, 3.63) is 35.4 Å². The van der Waals surface area contributed by atoms with Gasteiger partial charge in [0.05, 0.1) is 6.61 Å². The average Bonchev–Trinajstić information content (AvgIpc) is 2.71. The minimum Gasteiger partial charge on any atom is -0.396 e. The van der Waals surface area contributed by atoms with E-state index < -0.39 is 0 Å². The molecule has 1 aromatic carbocycles. The summed E-state index contributed by atoms with van der Waals surface area (Å²) >= 11 is 0. The van der Waals surface area contributed by atoms with E-state index in [1.54, 1.807) is 0 Å². The quantitative estimate of drug-likeness (QED) is 0.790. The van der Waals surface area contributed by atoms with E-state index in [1.807, 2.05) is 0 Å². The van der Waals surface area contributed by atoms with Crippen molar-refractivity contribution in [1.29, 1.82) is 0 Å². The number of hydrogen-bond donors (Lipinski definition) is 1. The molecule has 2 heteroatoms. The van der Waals surface area contributed by atoms with E-state index >= 15 is 0 Å². The number of ether oxygens (including phenoxy) is 1. The van der Waals surface area contributed by atoms with Gasteiger partial charge in [0.25, 0.3) is 0 Å². The molecular formula is C12H16O2. The van der Waals surface area contributed by atoms with Crippen LogP contribution in [0.1, 0.15) is 23.5 Å². The fraction of sp³-hybridized carbons (Fsp3) is 0.500. The van der Waals surface area contributed by atoms with E-state index in [0.29, 0.717) is 5.92 Å². The molecule has 2 nitrogen and oxygen atoms in total. The Bertz CT molecular complexity index is 290. The molecule has 1 heterocycles. The smallest absolute Gasteiger partial charge is 0.0535 e. The van der Waals surface area contributed by atoms with E-state index in [4.69, 9.17) is 9.84 Å². The first-order valence-electron chi connectivity index (χ1n) is 5.17. The second kappa shape index (κ2) is 4.58. The van der Waals surface area contributed by atoms with Gasteiger partial charge in [-0.1, -0.05) is 24.3 Å². The van der Waals surface area contributed by atoms with Gasteiger partial charge >= 0.3 is 0 Å². The molecule has 0 aromatic heterocycles. The molecule has 0 aliphatic carbocycles. The molecule has 0 spiro atoms. The molecule has 1 aliphatic heterocycles. The van der Waals surface area contributed by atoms with Gasteiger partial charge in [0.15, 0.2) is 0 Å². The van der Waals surface area contributed by atoms with Gasteiger partial charge in [0, 0.05) is 19.1 Å². The third-order valence-electron chi connectivity index (χ3n) is 2.75. The molecule has 14 heavy (non-hydrogen) atoms. The number of aliphatic hydroxyl groups is 1. The Morgan fingerprint density at radius 1 is 1.43 bits per heavy atom. The SMILES string of the molecule is OCCc1cccc(C2CCOC2)c1. The zero-order valence-corrected chi connectivity index (χ0v) is 8.28. The van der Waals surface area contributed by atoms with Crippen molar-refractivity contribution in [2.45, 2.75) is 18.8 Å². The lowest BCUT2D eigenvalue weighted by atomic mass is 9.96. The minimum atomic E-state index is 0.227. The second-order valence-corrected chi connectivity index (χ2v) is 3.78. The highest BCUT2D eigenvalue weighted by Crippen LogP contribution is 2.25. The highest BCUT2D eigenvalue weighted by atomic mass is 16.5. The van der Waals surface area contributed by atoms with Crippen LogP contribution >= 0.6 is 0 Å². The van der Waals surface area contributed by atoms with Gasteiger partial charge in [-0.2, -0.15) is 0 Å². The molecule has 1 atom stereocenters. The Labute approximate surface area is 84.5 Å². The van der Waals surface area contributed by atoms with Crippen LogP contribution in [-0.2, 0) is 11.2 Å². The Balaban J connectivity index is 2.12. The van der Waals surface area contributed by atoms with Crippen LogP contribution in [0.15, 0.2) is 24.3 Å². The van der Waals surface area contributed by atoms with Crippen LogP contribution < -0.4 is 0 Å². The summed E-state index contributed by atoms with van der Waals surface area (Å²) in [4.78, 5) is 0. The lowest BCUT2D eigenvalue weighted by molar-refractivity contribution is 0.194. The molecular weight excluding hydrogens is 176 g/mol. The molecule has 0 bridgehead atoms. The standard InChI is InChI=1S/C12H16O2/c13-6-4-10-2-1-3-11(8-10)12-5-7-14-9-12/h1-3,8,12-13H,4-7,9H2. The molecule has 1 N–H and O–H groups in total. The van der Waals surface area contributed by atoms with Gasteiger partial charge in [0.2, 0.25) is 0 Å². The first-order chi connectivity index (χ1) is 6.90. The molecule has 76 valence electrons. The summed E-state index contributed by atoms with van der Waals surface area (Å²) in [6, 6.07) is 8.48. The highest BCUT2D eigenvalue weighted by Gasteiger charge is 2.17. The summed E-state index contributed by atoms with van der Waals surface area (Å²) in [6.07, 6.45) is 1.88. The maximum Gasteiger partial charge on any atom is 0.0535 e. The lowest BCUT2D eigenvalue weighted by Crippen LogP contribution is -1.99. The van der Waals surface area contributed by atoms with Crippen molar-refractivity contribution >= 4 is 0 Å². The molecule has 0 amide bonds. The third-order valence-corrected chi connectivity index (χ3v) is 2.75. The summed E-state index contributed by atoms with van der Waals surface area (Å²) in [6.45, 7) is 1.96.